The van der Waals surface area contributed by atoms with Crippen LogP contribution in [-0.4, -0.2) is 0 Å². The maximum Gasteiger partial charge on any atom is -0.0178 e. The van der Waals surface area contributed by atoms with E-state index in [1.54, 1.807) is 5.57 Å². The molecule has 0 heterocycles. The summed E-state index contributed by atoms with van der Waals surface area (Å²) in [5.74, 6) is 5.40. The van der Waals surface area contributed by atoms with Crippen molar-refractivity contribution in [2.75, 3.05) is 0 Å². The summed E-state index contributed by atoms with van der Waals surface area (Å²) in [6.07, 6.45) is 11.4. The van der Waals surface area contributed by atoms with Crippen molar-refractivity contribution in [3.8, 4) is 0 Å². The molecule has 0 heteroatoms. The van der Waals surface area contributed by atoms with Gasteiger partial charge in [0.2, 0.25) is 0 Å². The second kappa shape index (κ2) is 7.14. The van der Waals surface area contributed by atoms with E-state index in [0.717, 1.165) is 35.5 Å². The fraction of sp³-hybridized carbons (Fsp3) is 0.900. The van der Waals surface area contributed by atoms with Gasteiger partial charge in [0, 0.05) is 0 Å². The van der Waals surface area contributed by atoms with Crippen molar-refractivity contribution in [3.05, 3.63) is 12.2 Å². The summed E-state index contributed by atoms with van der Waals surface area (Å²) in [5, 5.41) is 0. The second-order valence-electron chi connectivity index (χ2n) is 8.36. The van der Waals surface area contributed by atoms with E-state index in [2.05, 4.69) is 34.3 Å². The summed E-state index contributed by atoms with van der Waals surface area (Å²) < 4.78 is 0. The van der Waals surface area contributed by atoms with Gasteiger partial charge in [0.05, 0.1) is 0 Å². The van der Waals surface area contributed by atoms with Crippen molar-refractivity contribution < 1.29 is 0 Å². The lowest BCUT2D eigenvalue weighted by Crippen LogP contribution is -2.25. The molecular formula is C20H36. The first kappa shape index (κ1) is 16.1. The topological polar surface area (TPSA) is 0 Å². The molecule has 0 aromatic rings. The maximum absolute atomic E-state index is 4.51. The van der Waals surface area contributed by atoms with E-state index in [1.165, 1.54) is 51.4 Å². The van der Waals surface area contributed by atoms with E-state index in [0.29, 0.717) is 0 Å². The molecule has 4 unspecified atom stereocenters. The largest absolute Gasteiger partial charge is 0.0996 e. The minimum Gasteiger partial charge on any atom is -0.0996 e. The Balaban J connectivity index is 1.83. The van der Waals surface area contributed by atoms with Gasteiger partial charge in [0.25, 0.3) is 0 Å². The summed E-state index contributed by atoms with van der Waals surface area (Å²) in [6.45, 7) is 14.3. The second-order valence-corrected chi connectivity index (χ2v) is 8.36. The molecule has 0 nitrogen and oxygen atoms in total. The van der Waals surface area contributed by atoms with Gasteiger partial charge in [-0.3, -0.25) is 0 Å². The van der Waals surface area contributed by atoms with Crippen molar-refractivity contribution in [1.29, 1.82) is 0 Å². The predicted octanol–water partition coefficient (Wildman–Crippen LogP) is 6.47. The van der Waals surface area contributed by atoms with Gasteiger partial charge in [0.1, 0.15) is 0 Å². The molecule has 2 aliphatic carbocycles. The molecule has 0 aromatic carbocycles. The molecule has 4 atom stereocenters. The van der Waals surface area contributed by atoms with Crippen molar-refractivity contribution in [3.63, 3.8) is 0 Å². The Bertz CT molecular complexity index is 308. The van der Waals surface area contributed by atoms with Gasteiger partial charge in [-0.25, -0.2) is 0 Å². The normalized spacial score (nSPS) is 40.3. The zero-order valence-electron chi connectivity index (χ0n) is 14.3. The fourth-order valence-corrected chi connectivity index (χ4v) is 4.69. The monoisotopic (exact) mass is 276 g/mol. The van der Waals surface area contributed by atoms with Crippen molar-refractivity contribution in [2.24, 2.45) is 35.5 Å². The van der Waals surface area contributed by atoms with Gasteiger partial charge in [0.15, 0.2) is 0 Å². The van der Waals surface area contributed by atoms with Gasteiger partial charge >= 0.3 is 0 Å². The lowest BCUT2D eigenvalue weighted by molar-refractivity contribution is 0.199. The molecule has 0 bridgehead atoms. The molecule has 0 spiro atoms. The van der Waals surface area contributed by atoms with Crippen LogP contribution in [0.4, 0.5) is 0 Å². The standard InChI is InChI=1S/C20H36/c1-14-7-10-19(11-8-14)17(4)13-18(5)20-12-15(2)6-9-16(20)3/h14-17,19-20H,5-13H2,1-4H3. The van der Waals surface area contributed by atoms with Crippen LogP contribution in [0.25, 0.3) is 0 Å². The van der Waals surface area contributed by atoms with Crippen LogP contribution in [0.15, 0.2) is 12.2 Å². The molecule has 0 saturated heterocycles. The SMILES string of the molecule is C=C(CC(C)C1CCC(C)CC1)C1CC(C)CCC1C. The Labute approximate surface area is 127 Å². The maximum atomic E-state index is 4.51. The summed E-state index contributed by atoms with van der Waals surface area (Å²) in [6, 6.07) is 0. The third-order valence-corrected chi connectivity index (χ3v) is 6.43. The molecule has 0 aromatic heterocycles. The van der Waals surface area contributed by atoms with Gasteiger partial charge in [-0.15, -0.1) is 0 Å². The zero-order valence-corrected chi connectivity index (χ0v) is 14.3. The molecule has 2 saturated carbocycles. The van der Waals surface area contributed by atoms with Gasteiger partial charge in [-0.2, -0.15) is 0 Å². The third-order valence-electron chi connectivity index (χ3n) is 6.43. The molecule has 20 heavy (non-hydrogen) atoms. The van der Waals surface area contributed by atoms with Crippen molar-refractivity contribution >= 4 is 0 Å². The van der Waals surface area contributed by atoms with E-state index in [-0.39, 0.29) is 0 Å². The minimum atomic E-state index is 0.809. The average molecular weight is 277 g/mol. The average Bonchev–Trinajstić information content (AvgIpc) is 2.42. The Kier molecular flexibility index (Phi) is 5.75. The molecule has 0 amide bonds. The predicted molar refractivity (Wildman–Crippen MR) is 89.7 cm³/mol. The highest BCUT2D eigenvalue weighted by atomic mass is 14.3. The van der Waals surface area contributed by atoms with Crippen LogP contribution >= 0.6 is 0 Å². The van der Waals surface area contributed by atoms with Crippen LogP contribution < -0.4 is 0 Å². The fourth-order valence-electron chi connectivity index (χ4n) is 4.69. The van der Waals surface area contributed by atoms with E-state index in [9.17, 15) is 0 Å². The molecule has 2 fully saturated rings. The number of allylic oxidation sites excluding steroid dienone is 1. The Hall–Kier alpha value is -0.260. The number of hydrogen-bond acceptors (Lipinski definition) is 0. The lowest BCUT2D eigenvalue weighted by atomic mass is 9.69. The molecule has 116 valence electrons. The van der Waals surface area contributed by atoms with Gasteiger partial charge in [-0.1, -0.05) is 59.1 Å². The smallest absolute Gasteiger partial charge is 0.0178 e. The molecule has 0 N–H and O–H groups in total. The quantitative estimate of drug-likeness (QED) is 0.516. The summed E-state index contributed by atoms with van der Waals surface area (Å²) in [4.78, 5) is 0. The Morgan fingerprint density at radius 1 is 0.950 bits per heavy atom. The highest BCUT2D eigenvalue weighted by Gasteiger charge is 2.30. The molecular weight excluding hydrogens is 240 g/mol. The van der Waals surface area contributed by atoms with E-state index in [1.807, 2.05) is 0 Å². The molecule has 0 radical (unpaired) electrons. The van der Waals surface area contributed by atoms with Crippen LogP contribution in [0.2, 0.25) is 0 Å². The zero-order chi connectivity index (χ0) is 14.7. The Morgan fingerprint density at radius 2 is 1.55 bits per heavy atom. The van der Waals surface area contributed by atoms with Crippen molar-refractivity contribution in [1.82, 2.24) is 0 Å². The summed E-state index contributed by atoms with van der Waals surface area (Å²) in [7, 11) is 0. The molecule has 2 rings (SSSR count). The van der Waals surface area contributed by atoms with Crippen LogP contribution in [0, 0.1) is 35.5 Å². The number of hydrogen-bond donors (Lipinski definition) is 0. The first-order valence-corrected chi connectivity index (χ1v) is 9.15. The summed E-state index contributed by atoms with van der Waals surface area (Å²) in [5.41, 5.74) is 1.58. The third kappa shape index (κ3) is 4.12. The van der Waals surface area contributed by atoms with E-state index in [4.69, 9.17) is 0 Å². The van der Waals surface area contributed by atoms with Crippen LogP contribution in [0.5, 0.6) is 0 Å². The first-order valence-electron chi connectivity index (χ1n) is 9.15. The van der Waals surface area contributed by atoms with E-state index < -0.39 is 0 Å². The van der Waals surface area contributed by atoms with Gasteiger partial charge < -0.3 is 0 Å². The van der Waals surface area contributed by atoms with E-state index >= 15 is 0 Å². The molecule has 2 aliphatic rings. The highest BCUT2D eigenvalue weighted by Crippen LogP contribution is 2.41. The number of rotatable bonds is 4. The van der Waals surface area contributed by atoms with Crippen LogP contribution in [-0.2, 0) is 0 Å². The minimum absolute atomic E-state index is 0.809. The first-order chi connectivity index (χ1) is 9.47. The van der Waals surface area contributed by atoms with Crippen LogP contribution in [0.3, 0.4) is 0 Å². The summed E-state index contributed by atoms with van der Waals surface area (Å²) >= 11 is 0. The highest BCUT2D eigenvalue weighted by molar-refractivity contribution is 5.05. The Morgan fingerprint density at radius 3 is 2.20 bits per heavy atom. The lowest BCUT2D eigenvalue weighted by Gasteiger charge is -2.37. The van der Waals surface area contributed by atoms with Crippen molar-refractivity contribution in [2.45, 2.75) is 79.1 Å². The van der Waals surface area contributed by atoms with Crippen LogP contribution in [0.1, 0.15) is 79.1 Å². The molecule has 0 aliphatic heterocycles. The van der Waals surface area contributed by atoms with Gasteiger partial charge in [-0.05, 0) is 67.6 Å².